The molecule has 1 aliphatic rings. The third-order valence-electron chi connectivity index (χ3n) is 3.58. The summed E-state index contributed by atoms with van der Waals surface area (Å²) in [7, 11) is 0. The molecule has 0 bridgehead atoms. The average molecular weight is 442 g/mol. The molecule has 1 rings (SSSR count). The van der Waals surface area contributed by atoms with Gasteiger partial charge < -0.3 is 16.0 Å². The third kappa shape index (κ3) is 9.07. The Morgan fingerprint density at radius 3 is 2.64 bits per heavy atom. The van der Waals surface area contributed by atoms with Gasteiger partial charge in [0.2, 0.25) is 5.91 Å². The summed E-state index contributed by atoms with van der Waals surface area (Å²) < 4.78 is 0. The largest absolute Gasteiger partial charge is 0.357 e. The number of aliphatic imine (C=N–C) groups is 1. The van der Waals surface area contributed by atoms with Crippen molar-refractivity contribution in [1.82, 2.24) is 16.0 Å². The van der Waals surface area contributed by atoms with Crippen molar-refractivity contribution in [2.75, 3.05) is 25.9 Å². The molecule has 5 nitrogen and oxygen atoms in total. The standard InChI is InChI=1S/C15H30N4OS.HI/c1-4-9-17-14(20)8-10-18-15(16-5-2)19-12-6-7-13(11-12)21-3;/h12-13H,4-11H2,1-3H3,(H,17,20)(H2,16,18,19);1H. The van der Waals surface area contributed by atoms with E-state index in [0.717, 1.165) is 30.7 Å². The van der Waals surface area contributed by atoms with Gasteiger partial charge >= 0.3 is 0 Å². The van der Waals surface area contributed by atoms with Crippen LogP contribution in [0.1, 0.15) is 46.0 Å². The van der Waals surface area contributed by atoms with Gasteiger partial charge in [-0.05, 0) is 38.9 Å². The smallest absolute Gasteiger partial charge is 0.221 e. The van der Waals surface area contributed by atoms with Crippen molar-refractivity contribution in [3.8, 4) is 0 Å². The van der Waals surface area contributed by atoms with Crippen LogP contribution in [0.3, 0.4) is 0 Å². The normalized spacial score (nSPS) is 21.1. The second-order valence-electron chi connectivity index (χ2n) is 5.37. The highest BCUT2D eigenvalue weighted by Gasteiger charge is 2.24. The molecular formula is C15H31IN4OS. The van der Waals surface area contributed by atoms with E-state index < -0.39 is 0 Å². The van der Waals surface area contributed by atoms with Gasteiger partial charge in [-0.25, -0.2) is 0 Å². The SMILES string of the molecule is CCCNC(=O)CCN=C(NCC)NC1CCC(SC)C1.I. The average Bonchev–Trinajstić information content (AvgIpc) is 2.93. The molecule has 0 aromatic rings. The van der Waals surface area contributed by atoms with E-state index in [-0.39, 0.29) is 29.9 Å². The molecule has 2 atom stereocenters. The minimum Gasteiger partial charge on any atom is -0.357 e. The van der Waals surface area contributed by atoms with E-state index in [1.165, 1.54) is 19.3 Å². The number of rotatable bonds is 8. The number of carbonyl (C=O) groups is 1. The molecule has 0 aliphatic heterocycles. The number of thioether (sulfide) groups is 1. The topological polar surface area (TPSA) is 65.5 Å². The maximum absolute atomic E-state index is 11.5. The predicted octanol–water partition coefficient (Wildman–Crippen LogP) is 2.36. The summed E-state index contributed by atoms with van der Waals surface area (Å²) in [5, 5.41) is 10.4. The van der Waals surface area contributed by atoms with Crippen LogP contribution in [0.2, 0.25) is 0 Å². The van der Waals surface area contributed by atoms with Crippen molar-refractivity contribution in [3.63, 3.8) is 0 Å². The zero-order chi connectivity index (χ0) is 15.5. The molecule has 130 valence electrons. The summed E-state index contributed by atoms with van der Waals surface area (Å²) in [6.07, 6.45) is 7.28. The third-order valence-corrected chi connectivity index (χ3v) is 4.68. The van der Waals surface area contributed by atoms with Crippen molar-refractivity contribution in [1.29, 1.82) is 0 Å². The molecule has 0 radical (unpaired) electrons. The fourth-order valence-corrected chi connectivity index (χ4v) is 3.22. The number of carbonyl (C=O) groups excluding carboxylic acids is 1. The first-order chi connectivity index (χ1) is 10.2. The summed E-state index contributed by atoms with van der Waals surface area (Å²) in [6, 6.07) is 0.508. The maximum Gasteiger partial charge on any atom is 0.221 e. The minimum absolute atomic E-state index is 0. The van der Waals surface area contributed by atoms with Crippen LogP contribution in [0.5, 0.6) is 0 Å². The Morgan fingerprint density at radius 1 is 1.27 bits per heavy atom. The van der Waals surface area contributed by atoms with Crippen LogP contribution in [0.4, 0.5) is 0 Å². The van der Waals surface area contributed by atoms with Gasteiger partial charge in [0.1, 0.15) is 0 Å². The molecule has 1 aliphatic carbocycles. The number of guanidine groups is 1. The van der Waals surface area contributed by atoms with E-state index in [0.29, 0.717) is 19.0 Å². The predicted molar refractivity (Wildman–Crippen MR) is 107 cm³/mol. The number of halogens is 1. The van der Waals surface area contributed by atoms with Gasteiger partial charge in [-0.15, -0.1) is 24.0 Å². The molecule has 3 N–H and O–H groups in total. The zero-order valence-electron chi connectivity index (χ0n) is 14.0. The lowest BCUT2D eigenvalue weighted by atomic mass is 10.2. The van der Waals surface area contributed by atoms with Gasteiger partial charge in [0.25, 0.3) is 0 Å². The summed E-state index contributed by atoms with van der Waals surface area (Å²) in [5.41, 5.74) is 0. The molecule has 0 aromatic carbocycles. The second kappa shape index (κ2) is 13.3. The highest BCUT2D eigenvalue weighted by Crippen LogP contribution is 2.27. The number of hydrogen-bond donors (Lipinski definition) is 3. The van der Waals surface area contributed by atoms with Crippen molar-refractivity contribution in [2.45, 2.75) is 57.2 Å². The molecule has 1 amide bonds. The van der Waals surface area contributed by atoms with Crippen LogP contribution in [-0.4, -0.2) is 49.0 Å². The van der Waals surface area contributed by atoms with Crippen molar-refractivity contribution in [3.05, 3.63) is 0 Å². The molecule has 0 heterocycles. The van der Waals surface area contributed by atoms with Crippen molar-refractivity contribution < 1.29 is 4.79 Å². The van der Waals surface area contributed by atoms with Crippen LogP contribution in [0.25, 0.3) is 0 Å². The molecule has 1 fully saturated rings. The van der Waals surface area contributed by atoms with Gasteiger partial charge in [-0.3, -0.25) is 9.79 Å². The molecule has 2 unspecified atom stereocenters. The van der Waals surface area contributed by atoms with Gasteiger partial charge in [0.15, 0.2) is 5.96 Å². The Morgan fingerprint density at radius 2 is 2.05 bits per heavy atom. The fraction of sp³-hybridized carbons (Fsp3) is 0.867. The van der Waals surface area contributed by atoms with Crippen molar-refractivity contribution in [2.24, 2.45) is 4.99 Å². The number of hydrogen-bond acceptors (Lipinski definition) is 3. The van der Waals surface area contributed by atoms with Crippen LogP contribution >= 0.6 is 35.7 Å². The van der Waals surface area contributed by atoms with E-state index in [4.69, 9.17) is 0 Å². The quantitative estimate of drug-likeness (QED) is 0.307. The maximum atomic E-state index is 11.5. The first kappa shape index (κ1) is 21.8. The Hall–Kier alpha value is -0.180. The second-order valence-corrected chi connectivity index (χ2v) is 6.51. The van der Waals surface area contributed by atoms with Crippen LogP contribution in [0, 0.1) is 0 Å². The minimum atomic E-state index is 0. The van der Waals surface area contributed by atoms with Gasteiger partial charge in [0.05, 0.1) is 6.54 Å². The summed E-state index contributed by atoms with van der Waals surface area (Å²) in [5.74, 6) is 0.923. The van der Waals surface area contributed by atoms with Crippen molar-refractivity contribution >= 4 is 47.6 Å². The summed E-state index contributed by atoms with van der Waals surface area (Å²) in [4.78, 5) is 16.0. The van der Waals surface area contributed by atoms with Crippen LogP contribution < -0.4 is 16.0 Å². The monoisotopic (exact) mass is 442 g/mol. The summed E-state index contributed by atoms with van der Waals surface area (Å²) >= 11 is 1.95. The first-order valence-corrected chi connectivity index (χ1v) is 9.32. The lowest BCUT2D eigenvalue weighted by Gasteiger charge is -2.17. The van der Waals surface area contributed by atoms with E-state index in [9.17, 15) is 4.79 Å². The molecule has 7 heteroatoms. The fourth-order valence-electron chi connectivity index (χ4n) is 2.42. The number of nitrogens with one attached hydrogen (secondary N) is 3. The molecule has 0 spiro atoms. The zero-order valence-corrected chi connectivity index (χ0v) is 17.1. The Balaban J connectivity index is 0.00000441. The number of amides is 1. The lowest BCUT2D eigenvalue weighted by Crippen LogP contribution is -2.42. The highest BCUT2D eigenvalue weighted by atomic mass is 127. The molecule has 1 saturated carbocycles. The Bertz CT molecular complexity index is 342. The number of nitrogens with zero attached hydrogens (tertiary/aromatic N) is 1. The summed E-state index contributed by atoms with van der Waals surface area (Å²) in [6.45, 7) is 6.23. The van der Waals surface area contributed by atoms with Crippen LogP contribution in [0.15, 0.2) is 4.99 Å². The molecule has 22 heavy (non-hydrogen) atoms. The highest BCUT2D eigenvalue weighted by molar-refractivity contribution is 14.0. The molecule has 0 aromatic heterocycles. The lowest BCUT2D eigenvalue weighted by molar-refractivity contribution is -0.120. The van der Waals surface area contributed by atoms with E-state index >= 15 is 0 Å². The van der Waals surface area contributed by atoms with Gasteiger partial charge in [-0.1, -0.05) is 6.92 Å². The van der Waals surface area contributed by atoms with E-state index in [1.54, 1.807) is 0 Å². The van der Waals surface area contributed by atoms with E-state index in [2.05, 4.69) is 41.0 Å². The molecule has 0 saturated heterocycles. The van der Waals surface area contributed by atoms with Gasteiger partial charge in [0, 0.05) is 30.8 Å². The Labute approximate surface area is 156 Å². The molecular weight excluding hydrogens is 411 g/mol. The Kier molecular flexibility index (Phi) is 13.2. The van der Waals surface area contributed by atoms with E-state index in [1.807, 2.05) is 11.8 Å². The van der Waals surface area contributed by atoms with Crippen LogP contribution in [-0.2, 0) is 4.79 Å². The first-order valence-electron chi connectivity index (χ1n) is 8.03. The van der Waals surface area contributed by atoms with Gasteiger partial charge in [-0.2, -0.15) is 11.8 Å².